The molecule has 0 atom stereocenters. The Morgan fingerprint density at radius 3 is 2.41 bits per heavy atom. The van der Waals surface area contributed by atoms with E-state index in [1.165, 1.54) is 10.6 Å². The van der Waals surface area contributed by atoms with E-state index in [0.29, 0.717) is 42.7 Å². The number of para-hydroxylation sites is 1. The molecule has 11 heteroatoms. The van der Waals surface area contributed by atoms with Crippen LogP contribution >= 0.6 is 0 Å². The number of amides is 1. The van der Waals surface area contributed by atoms with Gasteiger partial charge in [0.25, 0.3) is 5.56 Å². The molecule has 1 aromatic carbocycles. The minimum atomic E-state index is -4.43. The monoisotopic (exact) mass is 475 g/mol. The van der Waals surface area contributed by atoms with Crippen molar-refractivity contribution in [3.63, 3.8) is 0 Å². The Kier molecular flexibility index (Phi) is 6.45. The average Bonchev–Trinajstić information content (AvgIpc) is 2.82. The lowest BCUT2D eigenvalue weighted by atomic mass is 10.0. The van der Waals surface area contributed by atoms with E-state index in [2.05, 4.69) is 10.3 Å². The molecule has 1 amide bonds. The van der Waals surface area contributed by atoms with Crippen LogP contribution in [0.4, 0.5) is 19.0 Å². The minimum absolute atomic E-state index is 0.141. The molecule has 4 rings (SSSR count). The van der Waals surface area contributed by atoms with Gasteiger partial charge < -0.3 is 10.2 Å². The molecule has 0 bridgehead atoms. The van der Waals surface area contributed by atoms with Crippen LogP contribution in [0.3, 0.4) is 0 Å². The summed E-state index contributed by atoms with van der Waals surface area (Å²) in [5, 5.41) is 3.30. The number of anilines is 1. The zero-order valence-corrected chi connectivity index (χ0v) is 18.5. The lowest BCUT2D eigenvalue weighted by molar-refractivity contribution is -0.137. The summed E-state index contributed by atoms with van der Waals surface area (Å²) in [7, 11) is 0. The standard InChI is InChI=1S/C23H24F3N5O3/c1-2-30-21(33)17-5-3-4-6-18(17)31(22(30)34)14-20(32)28-16-9-11-29(12-10-16)19-8-7-15(13-27-19)23(24,25)26/h3-8,13,16H,2,9-12,14H2,1H3,(H,28,32). The second-order valence-electron chi connectivity index (χ2n) is 8.17. The van der Waals surface area contributed by atoms with Gasteiger partial charge in [0.2, 0.25) is 5.91 Å². The summed E-state index contributed by atoms with van der Waals surface area (Å²) in [5.74, 6) is 0.109. The maximum Gasteiger partial charge on any atom is 0.417 e. The molecule has 3 aromatic rings. The maximum atomic E-state index is 12.8. The predicted molar refractivity (Wildman–Crippen MR) is 121 cm³/mol. The van der Waals surface area contributed by atoms with Gasteiger partial charge in [-0.2, -0.15) is 13.2 Å². The number of aromatic nitrogens is 3. The Morgan fingerprint density at radius 1 is 1.09 bits per heavy atom. The summed E-state index contributed by atoms with van der Waals surface area (Å²) in [5.41, 5.74) is -1.32. The zero-order chi connectivity index (χ0) is 24.5. The summed E-state index contributed by atoms with van der Waals surface area (Å²) < 4.78 is 40.6. The Morgan fingerprint density at radius 2 is 1.79 bits per heavy atom. The van der Waals surface area contributed by atoms with Crippen molar-refractivity contribution >= 4 is 22.6 Å². The fraction of sp³-hybridized carbons (Fsp3) is 0.391. The van der Waals surface area contributed by atoms with E-state index in [4.69, 9.17) is 0 Å². The number of nitrogens with zero attached hydrogens (tertiary/aromatic N) is 4. The molecule has 1 N–H and O–H groups in total. The zero-order valence-electron chi connectivity index (χ0n) is 18.5. The second-order valence-corrected chi connectivity index (χ2v) is 8.17. The lowest BCUT2D eigenvalue weighted by Crippen LogP contribution is -2.47. The number of alkyl halides is 3. The van der Waals surface area contributed by atoms with Crippen LogP contribution in [0.15, 0.2) is 52.2 Å². The molecule has 180 valence electrons. The molecule has 0 radical (unpaired) electrons. The number of nitrogens with one attached hydrogen (secondary N) is 1. The highest BCUT2D eigenvalue weighted by molar-refractivity contribution is 5.81. The van der Waals surface area contributed by atoms with Gasteiger partial charge in [0.15, 0.2) is 0 Å². The molecule has 0 aliphatic carbocycles. The highest BCUT2D eigenvalue weighted by atomic mass is 19.4. The largest absolute Gasteiger partial charge is 0.417 e. The number of hydrogen-bond donors (Lipinski definition) is 1. The third-order valence-corrected chi connectivity index (χ3v) is 6.01. The van der Waals surface area contributed by atoms with Gasteiger partial charge >= 0.3 is 11.9 Å². The molecule has 34 heavy (non-hydrogen) atoms. The van der Waals surface area contributed by atoms with Crippen LogP contribution < -0.4 is 21.5 Å². The molecule has 0 spiro atoms. The highest BCUT2D eigenvalue weighted by Crippen LogP contribution is 2.29. The Hall–Kier alpha value is -3.63. The first kappa shape index (κ1) is 23.5. The molecular weight excluding hydrogens is 451 g/mol. The van der Waals surface area contributed by atoms with E-state index >= 15 is 0 Å². The van der Waals surface area contributed by atoms with Crippen LogP contribution in [-0.4, -0.2) is 39.2 Å². The fourth-order valence-electron chi connectivity index (χ4n) is 4.21. The van der Waals surface area contributed by atoms with Gasteiger partial charge in [-0.05, 0) is 44.0 Å². The number of hydrogen-bond acceptors (Lipinski definition) is 5. The van der Waals surface area contributed by atoms with Gasteiger partial charge in [0.05, 0.1) is 16.5 Å². The first-order valence-corrected chi connectivity index (χ1v) is 11.0. The van der Waals surface area contributed by atoms with Crippen molar-refractivity contribution < 1.29 is 18.0 Å². The van der Waals surface area contributed by atoms with Gasteiger partial charge in [-0.15, -0.1) is 0 Å². The number of halogens is 3. The predicted octanol–water partition coefficient (Wildman–Crippen LogP) is 2.38. The van der Waals surface area contributed by atoms with Crippen molar-refractivity contribution in [3.8, 4) is 0 Å². The van der Waals surface area contributed by atoms with Crippen LogP contribution in [0.5, 0.6) is 0 Å². The van der Waals surface area contributed by atoms with E-state index in [-0.39, 0.29) is 30.6 Å². The van der Waals surface area contributed by atoms with E-state index in [1.807, 2.05) is 4.90 Å². The molecule has 1 aliphatic heterocycles. The third kappa shape index (κ3) is 4.68. The van der Waals surface area contributed by atoms with Crippen LogP contribution in [0.1, 0.15) is 25.3 Å². The van der Waals surface area contributed by atoms with Crippen molar-refractivity contribution in [1.29, 1.82) is 0 Å². The Bertz CT molecular complexity index is 1310. The Balaban J connectivity index is 1.41. The number of benzene rings is 1. The second kappa shape index (κ2) is 9.32. The number of carbonyl (C=O) groups excluding carboxylic acids is 1. The number of fused-ring (bicyclic) bond motifs is 1. The number of piperidine rings is 1. The molecular formula is C23H24F3N5O3. The van der Waals surface area contributed by atoms with Gasteiger partial charge in [-0.3, -0.25) is 18.7 Å². The van der Waals surface area contributed by atoms with E-state index < -0.39 is 17.4 Å². The molecule has 0 saturated carbocycles. The van der Waals surface area contributed by atoms with Gasteiger partial charge in [-0.1, -0.05) is 12.1 Å². The molecule has 3 heterocycles. The summed E-state index contributed by atoms with van der Waals surface area (Å²) in [4.78, 5) is 43.9. The summed E-state index contributed by atoms with van der Waals surface area (Å²) in [6.07, 6.45) is -2.45. The van der Waals surface area contributed by atoms with Gasteiger partial charge in [0, 0.05) is 31.9 Å². The summed E-state index contributed by atoms with van der Waals surface area (Å²) in [6, 6.07) is 8.89. The minimum Gasteiger partial charge on any atom is -0.356 e. The van der Waals surface area contributed by atoms with Crippen molar-refractivity contribution in [1.82, 2.24) is 19.4 Å². The maximum absolute atomic E-state index is 12.8. The first-order chi connectivity index (χ1) is 16.2. The summed E-state index contributed by atoms with van der Waals surface area (Å²) >= 11 is 0. The van der Waals surface area contributed by atoms with E-state index in [9.17, 15) is 27.6 Å². The van der Waals surface area contributed by atoms with Crippen LogP contribution in [0, 0.1) is 0 Å². The first-order valence-electron chi connectivity index (χ1n) is 11.0. The van der Waals surface area contributed by atoms with Crippen LogP contribution in [-0.2, 0) is 24.1 Å². The van der Waals surface area contributed by atoms with E-state index in [1.54, 1.807) is 31.2 Å². The van der Waals surface area contributed by atoms with E-state index in [0.717, 1.165) is 16.8 Å². The quantitative estimate of drug-likeness (QED) is 0.612. The Labute approximate surface area is 192 Å². The molecule has 1 aliphatic rings. The lowest BCUT2D eigenvalue weighted by Gasteiger charge is -2.33. The van der Waals surface area contributed by atoms with Crippen LogP contribution in [0.25, 0.3) is 10.9 Å². The highest BCUT2D eigenvalue weighted by Gasteiger charge is 2.31. The van der Waals surface area contributed by atoms with Gasteiger partial charge in [0.1, 0.15) is 12.4 Å². The molecule has 8 nitrogen and oxygen atoms in total. The fourth-order valence-corrected chi connectivity index (χ4v) is 4.21. The third-order valence-electron chi connectivity index (χ3n) is 6.01. The van der Waals surface area contributed by atoms with Gasteiger partial charge in [-0.25, -0.2) is 9.78 Å². The van der Waals surface area contributed by atoms with Crippen LogP contribution in [0.2, 0.25) is 0 Å². The van der Waals surface area contributed by atoms with Crippen molar-refractivity contribution in [2.45, 2.75) is 45.1 Å². The molecule has 2 aromatic heterocycles. The molecule has 1 saturated heterocycles. The average molecular weight is 475 g/mol. The smallest absolute Gasteiger partial charge is 0.356 e. The number of rotatable bonds is 5. The van der Waals surface area contributed by atoms with Crippen molar-refractivity contribution in [2.75, 3.05) is 18.0 Å². The molecule has 0 unspecified atom stereocenters. The molecule has 1 fully saturated rings. The number of pyridine rings is 1. The SMILES string of the molecule is CCn1c(=O)c2ccccc2n(CC(=O)NC2CCN(c3ccc(C(F)(F)F)cn3)CC2)c1=O. The number of carbonyl (C=O) groups is 1. The van der Waals surface area contributed by atoms with Crippen molar-refractivity contribution in [2.24, 2.45) is 0 Å². The normalized spacial score (nSPS) is 15.0. The van der Waals surface area contributed by atoms with Crippen molar-refractivity contribution in [3.05, 3.63) is 69.0 Å². The summed E-state index contributed by atoms with van der Waals surface area (Å²) in [6.45, 7) is 2.71. The topological polar surface area (TPSA) is 89.2 Å².